The molecule has 0 saturated heterocycles. The van der Waals surface area contributed by atoms with Gasteiger partial charge in [-0.3, -0.25) is 0 Å². The molecule has 23 heavy (non-hydrogen) atoms. The van der Waals surface area contributed by atoms with Gasteiger partial charge in [0.1, 0.15) is 11.3 Å². The zero-order valence-electron chi connectivity index (χ0n) is 12.2. The molecule has 2 aromatic carbocycles. The molecule has 0 atom stereocenters. The molecule has 1 aliphatic rings. The Hall–Kier alpha value is -2.04. The fourth-order valence-corrected chi connectivity index (χ4v) is 3.03. The summed E-state index contributed by atoms with van der Waals surface area (Å²) >= 11 is 11.5. The third-order valence-corrected chi connectivity index (χ3v) is 4.29. The Morgan fingerprint density at radius 1 is 0.913 bits per heavy atom. The van der Waals surface area contributed by atoms with E-state index in [1.54, 1.807) is 6.07 Å². The van der Waals surface area contributed by atoms with Gasteiger partial charge in [0.25, 0.3) is 0 Å². The zero-order chi connectivity index (χ0) is 15.8. The first kappa shape index (κ1) is 14.5. The fourth-order valence-electron chi connectivity index (χ4n) is 2.59. The molecule has 0 fully saturated rings. The van der Waals surface area contributed by atoms with E-state index in [-0.39, 0.29) is 0 Å². The van der Waals surface area contributed by atoms with Crippen LogP contribution in [0.3, 0.4) is 0 Å². The quantitative estimate of drug-likeness (QED) is 0.534. The highest BCUT2D eigenvalue weighted by Crippen LogP contribution is 2.35. The molecule has 116 valence electrons. The molecule has 0 saturated carbocycles. The first-order valence-corrected chi connectivity index (χ1v) is 8.13. The van der Waals surface area contributed by atoms with E-state index < -0.39 is 0 Å². The Morgan fingerprint density at radius 3 is 2.61 bits per heavy atom. The lowest BCUT2D eigenvalue weighted by atomic mass is 10.1. The van der Waals surface area contributed by atoms with Crippen LogP contribution in [0, 0.1) is 4.51 Å². The molecule has 0 spiro atoms. The number of halogens is 1. The van der Waals surface area contributed by atoms with Crippen LogP contribution in [0.25, 0.3) is 22.3 Å². The maximum atomic E-state index is 6.02. The summed E-state index contributed by atoms with van der Waals surface area (Å²) in [6, 6.07) is 13.1. The van der Waals surface area contributed by atoms with Gasteiger partial charge in [-0.2, -0.15) is 0 Å². The van der Waals surface area contributed by atoms with Gasteiger partial charge in [0.05, 0.1) is 17.7 Å². The van der Waals surface area contributed by atoms with E-state index in [1.165, 1.54) is 0 Å². The standard InChI is InChI=1S/C18H13ClO3S/c19-12-3-5-14-13(9-12)18(23)10-16(22-14)11-2-4-15-17(8-11)21-7-1-6-20-15/h2-5,8-10H,1,6-7H2. The Balaban J connectivity index is 1.84. The van der Waals surface area contributed by atoms with Gasteiger partial charge in [-0.05, 0) is 36.4 Å². The van der Waals surface area contributed by atoms with E-state index in [4.69, 9.17) is 37.7 Å². The van der Waals surface area contributed by atoms with E-state index in [9.17, 15) is 0 Å². The van der Waals surface area contributed by atoms with Crippen LogP contribution in [0.1, 0.15) is 6.42 Å². The van der Waals surface area contributed by atoms with E-state index >= 15 is 0 Å². The summed E-state index contributed by atoms with van der Waals surface area (Å²) in [6.45, 7) is 1.32. The molecule has 2 heterocycles. The minimum Gasteiger partial charge on any atom is -0.490 e. The Labute approximate surface area is 143 Å². The van der Waals surface area contributed by atoms with Crippen molar-refractivity contribution in [1.29, 1.82) is 0 Å². The smallest absolute Gasteiger partial charge is 0.161 e. The van der Waals surface area contributed by atoms with Gasteiger partial charge < -0.3 is 13.9 Å². The largest absolute Gasteiger partial charge is 0.490 e. The summed E-state index contributed by atoms with van der Waals surface area (Å²) in [5.74, 6) is 2.19. The number of hydrogen-bond donors (Lipinski definition) is 0. The van der Waals surface area contributed by atoms with E-state index in [0.717, 1.165) is 28.9 Å². The lowest BCUT2D eigenvalue weighted by Gasteiger charge is -2.09. The van der Waals surface area contributed by atoms with Crippen molar-refractivity contribution < 1.29 is 13.9 Å². The second-order valence-corrected chi connectivity index (χ2v) is 6.20. The molecule has 0 unspecified atom stereocenters. The predicted molar refractivity (Wildman–Crippen MR) is 93.1 cm³/mol. The summed E-state index contributed by atoms with van der Waals surface area (Å²) < 4.78 is 18.1. The highest BCUT2D eigenvalue weighted by Gasteiger charge is 2.13. The first-order valence-electron chi connectivity index (χ1n) is 7.34. The molecule has 0 amide bonds. The van der Waals surface area contributed by atoms with Gasteiger partial charge in [0.15, 0.2) is 11.5 Å². The van der Waals surface area contributed by atoms with Crippen LogP contribution in [-0.2, 0) is 0 Å². The summed E-state index contributed by atoms with van der Waals surface area (Å²) in [7, 11) is 0. The second kappa shape index (κ2) is 5.87. The fraction of sp³-hybridized carbons (Fsp3) is 0.167. The summed E-state index contributed by atoms with van der Waals surface area (Å²) in [4.78, 5) is 0. The lowest BCUT2D eigenvalue weighted by molar-refractivity contribution is 0.297. The van der Waals surface area contributed by atoms with Crippen LogP contribution >= 0.6 is 23.8 Å². The van der Waals surface area contributed by atoms with Crippen molar-refractivity contribution in [2.45, 2.75) is 6.42 Å². The molecule has 1 aromatic heterocycles. The van der Waals surface area contributed by atoms with Crippen molar-refractivity contribution in [3.05, 3.63) is 52.0 Å². The molecular weight excluding hydrogens is 332 g/mol. The molecule has 0 radical (unpaired) electrons. The molecule has 0 aliphatic carbocycles. The van der Waals surface area contributed by atoms with Crippen molar-refractivity contribution in [2.24, 2.45) is 0 Å². The van der Waals surface area contributed by atoms with Crippen LogP contribution in [0.5, 0.6) is 11.5 Å². The van der Waals surface area contributed by atoms with Gasteiger partial charge in [-0.15, -0.1) is 0 Å². The summed E-state index contributed by atoms with van der Waals surface area (Å²) in [5.41, 5.74) is 1.61. The highest BCUT2D eigenvalue weighted by molar-refractivity contribution is 7.71. The highest BCUT2D eigenvalue weighted by atomic mass is 35.5. The molecule has 0 N–H and O–H groups in total. The van der Waals surface area contributed by atoms with Gasteiger partial charge in [-0.25, -0.2) is 0 Å². The average molecular weight is 345 g/mol. The van der Waals surface area contributed by atoms with Crippen molar-refractivity contribution in [3.8, 4) is 22.8 Å². The Morgan fingerprint density at radius 2 is 1.74 bits per heavy atom. The van der Waals surface area contributed by atoms with Crippen molar-refractivity contribution in [1.82, 2.24) is 0 Å². The Bertz CT molecular complexity index is 949. The summed E-state index contributed by atoms with van der Waals surface area (Å²) in [6.07, 6.45) is 0.876. The van der Waals surface area contributed by atoms with E-state index in [0.29, 0.717) is 34.1 Å². The monoisotopic (exact) mass is 344 g/mol. The van der Waals surface area contributed by atoms with Crippen LogP contribution in [0.4, 0.5) is 0 Å². The third-order valence-electron chi connectivity index (χ3n) is 3.72. The molecule has 3 nitrogen and oxygen atoms in total. The van der Waals surface area contributed by atoms with Crippen molar-refractivity contribution >= 4 is 34.8 Å². The zero-order valence-corrected chi connectivity index (χ0v) is 13.7. The SMILES string of the molecule is S=c1cc(-c2ccc3c(c2)OCCCO3)oc2ccc(Cl)cc12. The third kappa shape index (κ3) is 2.80. The van der Waals surface area contributed by atoms with Crippen LogP contribution in [-0.4, -0.2) is 13.2 Å². The number of benzene rings is 2. The lowest BCUT2D eigenvalue weighted by Crippen LogP contribution is -1.97. The minimum atomic E-state index is 0.641. The number of hydrogen-bond acceptors (Lipinski definition) is 4. The molecule has 1 aliphatic heterocycles. The van der Waals surface area contributed by atoms with Crippen molar-refractivity contribution in [3.63, 3.8) is 0 Å². The van der Waals surface area contributed by atoms with Crippen molar-refractivity contribution in [2.75, 3.05) is 13.2 Å². The van der Waals surface area contributed by atoms with Gasteiger partial charge >= 0.3 is 0 Å². The maximum Gasteiger partial charge on any atom is 0.161 e. The molecular formula is C18H13ClO3S. The molecule has 3 aromatic rings. The number of fused-ring (bicyclic) bond motifs is 2. The van der Waals surface area contributed by atoms with Crippen LogP contribution in [0.2, 0.25) is 5.02 Å². The minimum absolute atomic E-state index is 0.641. The summed E-state index contributed by atoms with van der Waals surface area (Å²) in [5, 5.41) is 1.48. The van der Waals surface area contributed by atoms with E-state index in [1.807, 2.05) is 36.4 Å². The predicted octanol–water partition coefficient (Wildman–Crippen LogP) is 5.64. The number of ether oxygens (including phenoxy) is 2. The molecule has 5 heteroatoms. The van der Waals surface area contributed by atoms with Gasteiger partial charge in [0.2, 0.25) is 0 Å². The normalized spacial score (nSPS) is 13.8. The topological polar surface area (TPSA) is 31.6 Å². The second-order valence-electron chi connectivity index (χ2n) is 5.33. The first-order chi connectivity index (χ1) is 11.2. The van der Waals surface area contributed by atoms with Gasteiger partial charge in [0, 0.05) is 28.5 Å². The van der Waals surface area contributed by atoms with Crippen LogP contribution < -0.4 is 9.47 Å². The maximum absolute atomic E-state index is 6.02. The molecule has 0 bridgehead atoms. The number of rotatable bonds is 1. The molecule has 4 rings (SSSR count). The Kier molecular flexibility index (Phi) is 3.71. The van der Waals surface area contributed by atoms with E-state index in [2.05, 4.69) is 0 Å². The average Bonchev–Trinajstić information content (AvgIpc) is 2.80. The van der Waals surface area contributed by atoms with Crippen LogP contribution in [0.15, 0.2) is 46.9 Å². The van der Waals surface area contributed by atoms with Gasteiger partial charge in [-0.1, -0.05) is 23.8 Å².